The zero-order chi connectivity index (χ0) is 8.67. The first-order valence-electron chi connectivity index (χ1n) is 5.33. The van der Waals surface area contributed by atoms with Gasteiger partial charge in [0.15, 0.2) is 0 Å². The van der Waals surface area contributed by atoms with Crippen LogP contribution in [-0.4, -0.2) is 36.9 Å². The van der Waals surface area contributed by atoms with E-state index in [2.05, 4.69) is 10.1 Å². The fourth-order valence-electron chi connectivity index (χ4n) is 2.22. The standard InChI is InChI=1S/C10H16N2O.ClH/c1-2-8(1)7-13-11-10-6-12-4-3-9(10)5-12;/h8-9H,1-7H2;1H. The molecule has 0 amide bonds. The molecule has 80 valence electrons. The quantitative estimate of drug-likeness (QED) is 0.669. The second-order valence-corrected chi connectivity index (χ2v) is 4.54. The molecule has 0 spiro atoms. The van der Waals surface area contributed by atoms with Crippen molar-refractivity contribution in [1.82, 2.24) is 4.90 Å². The van der Waals surface area contributed by atoms with Crippen LogP contribution in [0.3, 0.4) is 0 Å². The van der Waals surface area contributed by atoms with E-state index in [9.17, 15) is 0 Å². The second-order valence-electron chi connectivity index (χ2n) is 4.54. The van der Waals surface area contributed by atoms with E-state index in [0.717, 1.165) is 25.0 Å². The number of fused-ring (bicyclic) bond motifs is 2. The van der Waals surface area contributed by atoms with Gasteiger partial charge in [0.2, 0.25) is 0 Å². The third-order valence-corrected chi connectivity index (χ3v) is 3.32. The Bertz CT molecular complexity index is 240. The Morgan fingerprint density at radius 1 is 1.36 bits per heavy atom. The van der Waals surface area contributed by atoms with Crippen LogP contribution in [0.15, 0.2) is 5.16 Å². The van der Waals surface area contributed by atoms with E-state index < -0.39 is 0 Å². The van der Waals surface area contributed by atoms with Crippen molar-refractivity contribution in [3.63, 3.8) is 0 Å². The van der Waals surface area contributed by atoms with Gasteiger partial charge in [-0.3, -0.25) is 4.90 Å². The van der Waals surface area contributed by atoms with Crippen LogP contribution >= 0.6 is 12.4 Å². The van der Waals surface area contributed by atoms with Crippen LogP contribution < -0.4 is 0 Å². The maximum Gasteiger partial charge on any atom is 0.120 e. The number of halogens is 1. The molecule has 0 N–H and O–H groups in total. The van der Waals surface area contributed by atoms with Gasteiger partial charge in [0.05, 0.1) is 5.71 Å². The lowest BCUT2D eigenvalue weighted by atomic mass is 10.0. The minimum Gasteiger partial charge on any atom is -0.396 e. The molecule has 2 aliphatic heterocycles. The maximum absolute atomic E-state index is 5.36. The van der Waals surface area contributed by atoms with E-state index in [-0.39, 0.29) is 12.4 Å². The normalized spacial score (nSPS) is 37.3. The first-order valence-corrected chi connectivity index (χ1v) is 5.33. The first-order chi connectivity index (χ1) is 6.42. The lowest BCUT2D eigenvalue weighted by molar-refractivity contribution is 0.132. The summed E-state index contributed by atoms with van der Waals surface area (Å²) in [5.74, 6) is 1.54. The molecule has 0 aromatic rings. The minimum atomic E-state index is 0. The number of hydrogen-bond acceptors (Lipinski definition) is 3. The van der Waals surface area contributed by atoms with Gasteiger partial charge in [0.1, 0.15) is 6.61 Å². The molecule has 3 nitrogen and oxygen atoms in total. The van der Waals surface area contributed by atoms with Gasteiger partial charge in [0, 0.05) is 19.0 Å². The van der Waals surface area contributed by atoms with E-state index in [1.165, 1.54) is 38.1 Å². The highest BCUT2D eigenvalue weighted by Gasteiger charge is 2.35. The van der Waals surface area contributed by atoms with Gasteiger partial charge in [-0.25, -0.2) is 0 Å². The van der Waals surface area contributed by atoms with E-state index in [4.69, 9.17) is 4.84 Å². The Kier molecular flexibility index (Phi) is 2.98. The molecule has 0 aromatic heterocycles. The Labute approximate surface area is 90.9 Å². The van der Waals surface area contributed by atoms with Crippen molar-refractivity contribution in [3.05, 3.63) is 0 Å². The average molecular weight is 217 g/mol. The predicted molar refractivity (Wildman–Crippen MR) is 57.9 cm³/mol. The lowest BCUT2D eigenvalue weighted by Gasteiger charge is -2.12. The number of piperidine rings is 1. The van der Waals surface area contributed by atoms with Crippen LogP contribution in [0, 0.1) is 11.8 Å². The number of oxime groups is 1. The van der Waals surface area contributed by atoms with Crippen LogP contribution in [0.2, 0.25) is 0 Å². The summed E-state index contributed by atoms with van der Waals surface area (Å²) in [6.45, 7) is 4.42. The average Bonchev–Trinajstić information content (AvgIpc) is 2.74. The summed E-state index contributed by atoms with van der Waals surface area (Å²) >= 11 is 0. The summed E-state index contributed by atoms with van der Waals surface area (Å²) in [4.78, 5) is 7.82. The summed E-state index contributed by atoms with van der Waals surface area (Å²) < 4.78 is 0. The maximum atomic E-state index is 5.36. The molecule has 0 aromatic carbocycles. The molecule has 3 rings (SSSR count). The summed E-state index contributed by atoms with van der Waals surface area (Å²) in [7, 11) is 0. The highest BCUT2D eigenvalue weighted by Crippen LogP contribution is 2.29. The molecule has 2 saturated heterocycles. The Balaban J connectivity index is 0.000000750. The molecule has 2 bridgehead atoms. The molecule has 3 fully saturated rings. The number of rotatable bonds is 3. The largest absolute Gasteiger partial charge is 0.396 e. The monoisotopic (exact) mass is 216 g/mol. The van der Waals surface area contributed by atoms with Crippen LogP contribution in [0.25, 0.3) is 0 Å². The summed E-state index contributed by atoms with van der Waals surface area (Å²) in [5, 5.41) is 4.26. The Morgan fingerprint density at radius 2 is 2.21 bits per heavy atom. The van der Waals surface area contributed by atoms with Gasteiger partial charge in [-0.15, -0.1) is 12.4 Å². The van der Waals surface area contributed by atoms with E-state index >= 15 is 0 Å². The van der Waals surface area contributed by atoms with E-state index in [1.807, 2.05) is 0 Å². The minimum absolute atomic E-state index is 0. The third kappa shape index (κ3) is 2.04. The SMILES string of the molecule is C1CC1CON=C1CN2CCC1C2.Cl. The van der Waals surface area contributed by atoms with Crippen molar-refractivity contribution < 1.29 is 4.84 Å². The van der Waals surface area contributed by atoms with Crippen molar-refractivity contribution >= 4 is 18.1 Å². The molecule has 2 heterocycles. The van der Waals surface area contributed by atoms with Gasteiger partial charge in [-0.05, 0) is 31.7 Å². The fraction of sp³-hybridized carbons (Fsp3) is 0.900. The van der Waals surface area contributed by atoms with Crippen molar-refractivity contribution in [3.8, 4) is 0 Å². The van der Waals surface area contributed by atoms with Crippen LogP contribution in [0.1, 0.15) is 19.3 Å². The molecule has 1 aliphatic carbocycles. The van der Waals surface area contributed by atoms with Crippen LogP contribution in [0.4, 0.5) is 0 Å². The van der Waals surface area contributed by atoms with Gasteiger partial charge in [-0.1, -0.05) is 5.16 Å². The highest BCUT2D eigenvalue weighted by atomic mass is 35.5. The second kappa shape index (κ2) is 4.07. The topological polar surface area (TPSA) is 24.8 Å². The van der Waals surface area contributed by atoms with Crippen LogP contribution in [0.5, 0.6) is 0 Å². The van der Waals surface area contributed by atoms with Gasteiger partial charge < -0.3 is 4.84 Å². The van der Waals surface area contributed by atoms with Gasteiger partial charge >= 0.3 is 0 Å². The van der Waals surface area contributed by atoms with Gasteiger partial charge in [-0.2, -0.15) is 0 Å². The molecule has 3 aliphatic rings. The molecule has 2 unspecified atom stereocenters. The zero-order valence-electron chi connectivity index (χ0n) is 8.32. The molecule has 0 radical (unpaired) electrons. The van der Waals surface area contributed by atoms with Crippen molar-refractivity contribution in [2.45, 2.75) is 19.3 Å². The first kappa shape index (κ1) is 10.2. The van der Waals surface area contributed by atoms with Crippen molar-refractivity contribution in [1.29, 1.82) is 0 Å². The van der Waals surface area contributed by atoms with E-state index in [1.54, 1.807) is 0 Å². The smallest absolute Gasteiger partial charge is 0.120 e. The molecule has 2 atom stereocenters. The zero-order valence-corrected chi connectivity index (χ0v) is 9.13. The Morgan fingerprint density at radius 3 is 2.79 bits per heavy atom. The predicted octanol–water partition coefficient (Wildman–Crippen LogP) is 1.53. The fourth-order valence-corrected chi connectivity index (χ4v) is 2.22. The number of hydrogen-bond donors (Lipinski definition) is 0. The molecular weight excluding hydrogens is 200 g/mol. The van der Waals surface area contributed by atoms with Crippen molar-refractivity contribution in [2.24, 2.45) is 17.0 Å². The summed E-state index contributed by atoms with van der Waals surface area (Å²) in [5.41, 5.74) is 1.30. The number of nitrogens with zero attached hydrogens (tertiary/aromatic N) is 2. The third-order valence-electron chi connectivity index (χ3n) is 3.32. The molecule has 14 heavy (non-hydrogen) atoms. The highest BCUT2D eigenvalue weighted by molar-refractivity contribution is 5.91. The molecule has 1 saturated carbocycles. The summed E-state index contributed by atoms with van der Waals surface area (Å²) in [6, 6.07) is 0. The molecular formula is C10H17ClN2O. The molecule has 4 heteroatoms. The van der Waals surface area contributed by atoms with Crippen LogP contribution in [-0.2, 0) is 4.84 Å². The Hall–Kier alpha value is -0.280. The summed E-state index contributed by atoms with van der Waals surface area (Å²) in [6.07, 6.45) is 3.99. The van der Waals surface area contributed by atoms with Gasteiger partial charge in [0.25, 0.3) is 0 Å². The van der Waals surface area contributed by atoms with E-state index in [0.29, 0.717) is 0 Å². The lowest BCUT2D eigenvalue weighted by Crippen LogP contribution is -2.23. The van der Waals surface area contributed by atoms with Crippen molar-refractivity contribution in [2.75, 3.05) is 26.2 Å².